The summed E-state index contributed by atoms with van der Waals surface area (Å²) in [5, 5.41) is 19.4. The first-order valence-corrected chi connectivity index (χ1v) is 11.8. The van der Waals surface area contributed by atoms with Crippen LogP contribution in [0, 0.1) is 17.2 Å². The number of nitriles is 1. The van der Waals surface area contributed by atoms with Crippen molar-refractivity contribution in [2.24, 2.45) is 5.92 Å². The van der Waals surface area contributed by atoms with E-state index in [9.17, 15) is 10.1 Å². The minimum absolute atomic E-state index is 0.0119. The van der Waals surface area contributed by atoms with Gasteiger partial charge in [-0.2, -0.15) is 9.64 Å². The SMILES string of the molecule is CCc1c(CN2CC(C(=O)O)C2)cccc1-c1nsc(-c2ccc(OC(C)C)c(C#N)c2)n1. The van der Waals surface area contributed by atoms with Crippen LogP contribution in [0.2, 0.25) is 0 Å². The van der Waals surface area contributed by atoms with Gasteiger partial charge >= 0.3 is 5.97 Å². The number of rotatable bonds is 8. The Labute approximate surface area is 197 Å². The van der Waals surface area contributed by atoms with E-state index in [1.165, 1.54) is 22.7 Å². The van der Waals surface area contributed by atoms with Crippen LogP contribution in [0.15, 0.2) is 36.4 Å². The Bertz CT molecular complexity index is 1210. The first kappa shape index (κ1) is 22.9. The lowest BCUT2D eigenvalue weighted by Crippen LogP contribution is -2.49. The zero-order valence-corrected chi connectivity index (χ0v) is 19.7. The lowest BCUT2D eigenvalue weighted by atomic mass is 9.95. The molecule has 1 aliphatic heterocycles. The molecule has 0 saturated carbocycles. The monoisotopic (exact) mass is 462 g/mol. The Balaban J connectivity index is 1.59. The molecule has 0 atom stereocenters. The standard InChI is InChI=1S/C25H26N4O3S/c1-4-20-17(12-29-13-19(14-29)25(30)31)6-5-7-21(20)23-27-24(33-28-23)16-8-9-22(32-15(2)3)18(10-16)11-26/h5-10,15,19H,4,12-14H2,1-3H3,(H,30,31). The Kier molecular flexibility index (Phi) is 6.72. The number of carboxylic acids is 1. The summed E-state index contributed by atoms with van der Waals surface area (Å²) in [6, 6.07) is 13.8. The van der Waals surface area contributed by atoms with Gasteiger partial charge in [-0.25, -0.2) is 4.98 Å². The molecule has 1 saturated heterocycles. The maximum atomic E-state index is 11.1. The van der Waals surface area contributed by atoms with E-state index in [0.29, 0.717) is 30.2 Å². The molecule has 0 spiro atoms. The highest BCUT2D eigenvalue weighted by atomic mass is 32.1. The molecule has 1 fully saturated rings. The first-order valence-electron chi connectivity index (χ1n) is 11.0. The second-order valence-corrected chi connectivity index (χ2v) is 9.19. The molecule has 0 unspecified atom stereocenters. The van der Waals surface area contributed by atoms with E-state index >= 15 is 0 Å². The number of nitrogens with zero attached hydrogens (tertiary/aromatic N) is 4. The lowest BCUT2D eigenvalue weighted by Gasteiger charge is -2.37. The van der Waals surface area contributed by atoms with E-state index in [0.717, 1.165) is 29.1 Å². The quantitative estimate of drug-likeness (QED) is 0.522. The zero-order valence-electron chi connectivity index (χ0n) is 18.9. The van der Waals surface area contributed by atoms with Crippen molar-refractivity contribution < 1.29 is 14.6 Å². The molecule has 0 amide bonds. The highest BCUT2D eigenvalue weighted by molar-refractivity contribution is 7.09. The molecular weight excluding hydrogens is 436 g/mol. The summed E-state index contributed by atoms with van der Waals surface area (Å²) >= 11 is 1.31. The molecule has 4 rings (SSSR count). The molecule has 1 aliphatic rings. The summed E-state index contributed by atoms with van der Waals surface area (Å²) in [4.78, 5) is 18.0. The number of carbonyl (C=O) groups is 1. The second-order valence-electron chi connectivity index (χ2n) is 8.44. The average Bonchev–Trinajstić information content (AvgIpc) is 3.25. The van der Waals surface area contributed by atoms with Crippen molar-refractivity contribution in [3.05, 3.63) is 53.1 Å². The summed E-state index contributed by atoms with van der Waals surface area (Å²) in [6.07, 6.45) is 0.817. The van der Waals surface area contributed by atoms with Crippen molar-refractivity contribution in [3.8, 4) is 33.8 Å². The van der Waals surface area contributed by atoms with Crippen LogP contribution < -0.4 is 4.74 Å². The van der Waals surface area contributed by atoms with Crippen molar-refractivity contribution in [2.45, 2.75) is 39.8 Å². The van der Waals surface area contributed by atoms with E-state index in [-0.39, 0.29) is 12.0 Å². The molecule has 8 heteroatoms. The number of carboxylic acid groups (broad SMARTS) is 1. The minimum atomic E-state index is -0.724. The number of likely N-dealkylation sites (tertiary alicyclic amines) is 1. The zero-order chi connectivity index (χ0) is 23.5. The maximum absolute atomic E-state index is 11.1. The fourth-order valence-corrected chi connectivity index (χ4v) is 4.73. The molecule has 0 bridgehead atoms. The maximum Gasteiger partial charge on any atom is 0.309 e. The van der Waals surface area contributed by atoms with Gasteiger partial charge in [-0.1, -0.05) is 25.1 Å². The molecule has 1 aromatic heterocycles. The Morgan fingerprint density at radius 2 is 2.12 bits per heavy atom. The van der Waals surface area contributed by atoms with Crippen LogP contribution in [-0.2, 0) is 17.8 Å². The Hall–Kier alpha value is -3.28. The Morgan fingerprint density at radius 3 is 2.79 bits per heavy atom. The summed E-state index contributed by atoms with van der Waals surface area (Å²) in [6.45, 7) is 7.86. The number of aromatic nitrogens is 2. The normalized spacial score (nSPS) is 14.2. The average molecular weight is 463 g/mol. The predicted molar refractivity (Wildman–Crippen MR) is 127 cm³/mol. The van der Waals surface area contributed by atoms with Crippen molar-refractivity contribution in [2.75, 3.05) is 13.1 Å². The third-order valence-corrected chi connectivity index (χ3v) is 6.47. The predicted octanol–water partition coefficient (Wildman–Crippen LogP) is 4.61. The van der Waals surface area contributed by atoms with Gasteiger partial charge in [-0.05, 0) is 61.1 Å². The molecule has 7 nitrogen and oxygen atoms in total. The number of aliphatic carboxylic acids is 1. The van der Waals surface area contributed by atoms with Crippen LogP contribution in [0.5, 0.6) is 5.75 Å². The van der Waals surface area contributed by atoms with Crippen LogP contribution in [0.4, 0.5) is 0 Å². The van der Waals surface area contributed by atoms with Gasteiger partial charge in [-0.15, -0.1) is 0 Å². The van der Waals surface area contributed by atoms with Crippen molar-refractivity contribution in [1.82, 2.24) is 14.3 Å². The summed E-state index contributed by atoms with van der Waals surface area (Å²) in [5.74, 6) is 0.245. The molecular formula is C25H26N4O3S. The number of benzene rings is 2. The number of hydrogen-bond donors (Lipinski definition) is 1. The van der Waals surface area contributed by atoms with E-state index in [2.05, 4.69) is 28.3 Å². The molecule has 2 aromatic carbocycles. The second kappa shape index (κ2) is 9.69. The molecule has 170 valence electrons. The van der Waals surface area contributed by atoms with Gasteiger partial charge in [0, 0.05) is 30.8 Å². The highest BCUT2D eigenvalue weighted by Crippen LogP contribution is 2.33. The van der Waals surface area contributed by atoms with E-state index in [4.69, 9.17) is 14.8 Å². The molecule has 1 N–H and O–H groups in total. The van der Waals surface area contributed by atoms with E-state index in [1.807, 2.05) is 38.1 Å². The van der Waals surface area contributed by atoms with Crippen LogP contribution in [-0.4, -0.2) is 44.5 Å². The first-order chi connectivity index (χ1) is 15.9. The van der Waals surface area contributed by atoms with E-state index in [1.54, 1.807) is 6.07 Å². The summed E-state index contributed by atoms with van der Waals surface area (Å²) in [7, 11) is 0. The van der Waals surface area contributed by atoms with Gasteiger partial charge < -0.3 is 9.84 Å². The largest absolute Gasteiger partial charge is 0.490 e. The van der Waals surface area contributed by atoms with Gasteiger partial charge in [0.1, 0.15) is 16.8 Å². The number of hydrogen-bond acceptors (Lipinski definition) is 7. The lowest BCUT2D eigenvalue weighted by molar-refractivity contribution is -0.147. The Morgan fingerprint density at radius 1 is 1.33 bits per heavy atom. The van der Waals surface area contributed by atoms with Crippen molar-refractivity contribution in [3.63, 3.8) is 0 Å². The van der Waals surface area contributed by atoms with Gasteiger partial charge in [0.15, 0.2) is 5.82 Å². The number of ether oxygens (including phenoxy) is 1. The van der Waals surface area contributed by atoms with Gasteiger partial charge in [0.2, 0.25) is 0 Å². The van der Waals surface area contributed by atoms with Gasteiger partial charge in [0.05, 0.1) is 17.6 Å². The molecule has 2 heterocycles. The van der Waals surface area contributed by atoms with Crippen LogP contribution in [0.1, 0.15) is 37.5 Å². The van der Waals surface area contributed by atoms with Crippen LogP contribution in [0.25, 0.3) is 22.0 Å². The molecule has 33 heavy (non-hydrogen) atoms. The van der Waals surface area contributed by atoms with Gasteiger partial charge in [0.25, 0.3) is 0 Å². The topological polar surface area (TPSA) is 99.3 Å². The van der Waals surface area contributed by atoms with Crippen molar-refractivity contribution in [1.29, 1.82) is 5.26 Å². The van der Waals surface area contributed by atoms with Crippen LogP contribution in [0.3, 0.4) is 0 Å². The third-order valence-electron chi connectivity index (χ3n) is 5.70. The fourth-order valence-electron chi connectivity index (χ4n) is 4.06. The van der Waals surface area contributed by atoms with Gasteiger partial charge in [-0.3, -0.25) is 9.69 Å². The van der Waals surface area contributed by atoms with Crippen molar-refractivity contribution >= 4 is 17.5 Å². The molecule has 3 aromatic rings. The smallest absolute Gasteiger partial charge is 0.309 e. The summed E-state index contributed by atoms with van der Waals surface area (Å²) < 4.78 is 10.3. The molecule has 0 aliphatic carbocycles. The van der Waals surface area contributed by atoms with Crippen LogP contribution >= 0.6 is 11.5 Å². The highest BCUT2D eigenvalue weighted by Gasteiger charge is 2.32. The molecule has 0 radical (unpaired) electrons. The fraction of sp³-hybridized carbons (Fsp3) is 0.360. The third kappa shape index (κ3) is 4.90. The summed E-state index contributed by atoms with van der Waals surface area (Å²) in [5.41, 5.74) is 4.66. The van der Waals surface area contributed by atoms with E-state index < -0.39 is 5.97 Å². The minimum Gasteiger partial charge on any atom is -0.490 e.